The number of amides is 1. The van der Waals surface area contributed by atoms with E-state index >= 15 is 0 Å². The van der Waals surface area contributed by atoms with Crippen molar-refractivity contribution >= 4 is 5.91 Å². The number of fused-ring (bicyclic) bond motifs is 1. The number of nitrogens with zero attached hydrogens (tertiary/aromatic N) is 2. The first-order valence-electron chi connectivity index (χ1n) is 7.79. The highest BCUT2D eigenvalue weighted by molar-refractivity contribution is 5.99. The molecule has 0 fully saturated rings. The van der Waals surface area contributed by atoms with Gasteiger partial charge in [-0.3, -0.25) is 9.89 Å². The highest BCUT2D eigenvalue weighted by Crippen LogP contribution is 2.42. The number of rotatable bonds is 4. The largest absolute Gasteiger partial charge is 0.463 e. The average molecular weight is 307 g/mol. The van der Waals surface area contributed by atoms with Crippen LogP contribution in [0.5, 0.6) is 0 Å². The quantitative estimate of drug-likeness (QED) is 0.800. The number of hydrogen-bond acceptors (Lipinski definition) is 3. The van der Waals surface area contributed by atoms with Crippen LogP contribution in [-0.2, 0) is 0 Å². The SMILES string of the molecule is CCCN1C(=O)c2n[nH]c(-c3ccco3)c2[C@@H]1c1ccccc1. The number of H-pyrrole nitrogens is 1. The molecule has 2 aromatic heterocycles. The summed E-state index contributed by atoms with van der Waals surface area (Å²) < 4.78 is 5.52. The predicted molar refractivity (Wildman–Crippen MR) is 85.9 cm³/mol. The van der Waals surface area contributed by atoms with E-state index in [1.807, 2.05) is 35.2 Å². The molecule has 0 aliphatic carbocycles. The van der Waals surface area contributed by atoms with Crippen LogP contribution in [0.15, 0.2) is 53.1 Å². The second kappa shape index (κ2) is 5.43. The number of benzene rings is 1. The molecule has 3 aromatic rings. The van der Waals surface area contributed by atoms with Gasteiger partial charge in [-0.25, -0.2) is 0 Å². The van der Waals surface area contributed by atoms with Crippen LogP contribution < -0.4 is 0 Å². The molecule has 1 aliphatic heterocycles. The first-order chi connectivity index (χ1) is 11.3. The lowest BCUT2D eigenvalue weighted by Gasteiger charge is -2.25. The molecule has 0 radical (unpaired) electrons. The minimum Gasteiger partial charge on any atom is -0.463 e. The molecule has 1 aliphatic rings. The van der Waals surface area contributed by atoms with Crippen LogP contribution in [0.1, 0.15) is 41.0 Å². The van der Waals surface area contributed by atoms with Crippen LogP contribution in [0.25, 0.3) is 11.5 Å². The van der Waals surface area contributed by atoms with Gasteiger partial charge in [-0.1, -0.05) is 37.3 Å². The number of carbonyl (C=O) groups excluding carboxylic acids is 1. The number of carbonyl (C=O) groups is 1. The van der Waals surface area contributed by atoms with Crippen molar-refractivity contribution in [1.29, 1.82) is 0 Å². The summed E-state index contributed by atoms with van der Waals surface area (Å²) in [6, 6.07) is 13.7. The molecule has 1 atom stereocenters. The minimum absolute atomic E-state index is 0.0234. The Bertz CT molecular complexity index is 821. The molecule has 0 saturated carbocycles. The highest BCUT2D eigenvalue weighted by Gasteiger charge is 2.42. The van der Waals surface area contributed by atoms with Gasteiger partial charge < -0.3 is 9.32 Å². The number of aromatic nitrogens is 2. The van der Waals surface area contributed by atoms with Gasteiger partial charge in [-0.2, -0.15) is 5.10 Å². The fourth-order valence-corrected chi connectivity index (χ4v) is 3.25. The number of hydrogen-bond donors (Lipinski definition) is 1. The Kier molecular flexibility index (Phi) is 3.26. The second-order valence-corrected chi connectivity index (χ2v) is 5.65. The van der Waals surface area contributed by atoms with E-state index in [1.54, 1.807) is 6.26 Å². The lowest BCUT2D eigenvalue weighted by molar-refractivity contribution is 0.0744. The fourth-order valence-electron chi connectivity index (χ4n) is 3.25. The summed E-state index contributed by atoms with van der Waals surface area (Å²) >= 11 is 0. The molecule has 3 heterocycles. The average Bonchev–Trinajstić information content (AvgIpc) is 3.28. The predicted octanol–water partition coefficient (Wildman–Crippen LogP) is 3.62. The van der Waals surface area contributed by atoms with Gasteiger partial charge in [0.15, 0.2) is 11.5 Å². The first-order valence-corrected chi connectivity index (χ1v) is 7.79. The van der Waals surface area contributed by atoms with Crippen LogP contribution >= 0.6 is 0 Å². The van der Waals surface area contributed by atoms with Crippen LogP contribution in [0.4, 0.5) is 0 Å². The molecule has 1 aromatic carbocycles. The van der Waals surface area contributed by atoms with Gasteiger partial charge in [0.25, 0.3) is 5.91 Å². The summed E-state index contributed by atoms with van der Waals surface area (Å²) in [6.07, 6.45) is 2.53. The van der Waals surface area contributed by atoms with Crippen molar-refractivity contribution in [3.05, 3.63) is 65.5 Å². The molecular weight excluding hydrogens is 290 g/mol. The summed E-state index contributed by atoms with van der Waals surface area (Å²) in [6.45, 7) is 2.78. The van der Waals surface area contributed by atoms with Gasteiger partial charge in [0, 0.05) is 12.1 Å². The smallest absolute Gasteiger partial charge is 0.275 e. The van der Waals surface area contributed by atoms with Gasteiger partial charge in [-0.05, 0) is 24.1 Å². The summed E-state index contributed by atoms with van der Waals surface area (Å²) in [5.41, 5.74) is 3.27. The molecule has 1 N–H and O–H groups in total. The Balaban J connectivity index is 1.90. The van der Waals surface area contributed by atoms with Crippen LogP contribution in [0, 0.1) is 0 Å². The molecule has 0 spiro atoms. The van der Waals surface area contributed by atoms with E-state index in [1.165, 1.54) is 0 Å². The van der Waals surface area contributed by atoms with Gasteiger partial charge in [-0.15, -0.1) is 0 Å². The lowest BCUT2D eigenvalue weighted by Crippen LogP contribution is -2.30. The normalized spacial score (nSPS) is 16.8. The third-order valence-electron chi connectivity index (χ3n) is 4.20. The maximum atomic E-state index is 12.8. The van der Waals surface area contributed by atoms with Crippen molar-refractivity contribution in [1.82, 2.24) is 15.1 Å². The van der Waals surface area contributed by atoms with Crippen LogP contribution in [0.2, 0.25) is 0 Å². The number of aromatic amines is 1. The molecule has 5 heteroatoms. The summed E-state index contributed by atoms with van der Waals surface area (Å²) in [5, 5.41) is 7.25. The number of furan rings is 1. The van der Waals surface area contributed by atoms with Gasteiger partial charge in [0.1, 0.15) is 5.69 Å². The third kappa shape index (κ3) is 2.08. The molecule has 0 unspecified atom stereocenters. The molecule has 0 saturated heterocycles. The standard InChI is InChI=1S/C18H17N3O2/c1-2-10-21-17(12-7-4-3-5-8-12)14-15(13-9-6-11-23-13)19-20-16(14)18(21)22/h3-9,11,17H,2,10H2,1H3,(H,19,20)/t17-/m0/s1. The monoisotopic (exact) mass is 307 g/mol. The van der Waals surface area contributed by atoms with E-state index in [9.17, 15) is 4.79 Å². The Labute approximate surface area is 133 Å². The Morgan fingerprint density at radius 3 is 2.74 bits per heavy atom. The minimum atomic E-state index is -0.127. The molecule has 1 amide bonds. The van der Waals surface area contributed by atoms with Gasteiger partial charge in [0.05, 0.1) is 12.3 Å². The maximum Gasteiger partial charge on any atom is 0.275 e. The molecule has 0 bridgehead atoms. The zero-order chi connectivity index (χ0) is 15.8. The van der Waals surface area contributed by atoms with E-state index in [-0.39, 0.29) is 11.9 Å². The topological polar surface area (TPSA) is 62.1 Å². The fraction of sp³-hybridized carbons (Fsp3) is 0.222. The zero-order valence-corrected chi connectivity index (χ0v) is 12.8. The summed E-state index contributed by atoms with van der Waals surface area (Å²) in [4.78, 5) is 14.7. The molecule has 23 heavy (non-hydrogen) atoms. The van der Waals surface area contributed by atoms with Crippen LogP contribution in [0.3, 0.4) is 0 Å². The maximum absolute atomic E-state index is 12.8. The van der Waals surface area contributed by atoms with Gasteiger partial charge in [0.2, 0.25) is 0 Å². The Hall–Kier alpha value is -2.82. The summed E-state index contributed by atoms with van der Waals surface area (Å²) in [5.74, 6) is 0.676. The van der Waals surface area contributed by atoms with E-state index in [0.29, 0.717) is 18.0 Å². The zero-order valence-electron chi connectivity index (χ0n) is 12.8. The molecule has 4 rings (SSSR count). The Morgan fingerprint density at radius 2 is 2.04 bits per heavy atom. The van der Waals surface area contributed by atoms with E-state index in [2.05, 4.69) is 29.3 Å². The second-order valence-electron chi connectivity index (χ2n) is 5.65. The van der Waals surface area contributed by atoms with Crippen molar-refractivity contribution in [3.8, 4) is 11.5 Å². The Morgan fingerprint density at radius 1 is 1.22 bits per heavy atom. The van der Waals surface area contributed by atoms with E-state index in [4.69, 9.17) is 4.42 Å². The van der Waals surface area contributed by atoms with Gasteiger partial charge >= 0.3 is 0 Å². The third-order valence-corrected chi connectivity index (χ3v) is 4.20. The van der Waals surface area contributed by atoms with Crippen LogP contribution in [-0.4, -0.2) is 27.5 Å². The molecule has 116 valence electrons. The molecular formula is C18H17N3O2. The molecule has 5 nitrogen and oxygen atoms in total. The number of nitrogens with one attached hydrogen (secondary N) is 1. The summed E-state index contributed by atoms with van der Waals surface area (Å²) in [7, 11) is 0. The van der Waals surface area contributed by atoms with E-state index < -0.39 is 0 Å². The van der Waals surface area contributed by atoms with Crippen molar-refractivity contribution < 1.29 is 9.21 Å². The van der Waals surface area contributed by atoms with Crippen molar-refractivity contribution in [2.75, 3.05) is 6.54 Å². The lowest BCUT2D eigenvalue weighted by atomic mass is 9.98. The van der Waals surface area contributed by atoms with E-state index in [0.717, 1.165) is 23.2 Å². The van der Waals surface area contributed by atoms with Crippen molar-refractivity contribution in [2.24, 2.45) is 0 Å². The van der Waals surface area contributed by atoms with Crippen molar-refractivity contribution in [2.45, 2.75) is 19.4 Å². The highest BCUT2D eigenvalue weighted by atomic mass is 16.3. The first kappa shape index (κ1) is 13.8. The van der Waals surface area contributed by atoms with Crippen molar-refractivity contribution in [3.63, 3.8) is 0 Å².